The van der Waals surface area contributed by atoms with Crippen LogP contribution in [-0.4, -0.2) is 5.71 Å². The van der Waals surface area contributed by atoms with E-state index in [4.69, 9.17) is 4.84 Å². The van der Waals surface area contributed by atoms with Crippen LogP contribution in [0.4, 0.5) is 0 Å². The molecule has 0 atom stereocenters. The van der Waals surface area contributed by atoms with Gasteiger partial charge in [-0.2, -0.15) is 0 Å². The van der Waals surface area contributed by atoms with Crippen LogP contribution < -0.4 is 0 Å². The molecule has 0 aliphatic heterocycles. The van der Waals surface area contributed by atoms with E-state index in [0.29, 0.717) is 0 Å². The lowest BCUT2D eigenvalue weighted by Gasteiger charge is -2.04. The van der Waals surface area contributed by atoms with Gasteiger partial charge in [-0.05, 0) is 30.5 Å². The molecule has 2 heteroatoms. The summed E-state index contributed by atoms with van der Waals surface area (Å²) in [6.45, 7) is 6.66. The first-order chi connectivity index (χ1) is 8.81. The second-order valence-electron chi connectivity index (χ2n) is 3.89. The van der Waals surface area contributed by atoms with E-state index in [-0.39, 0.29) is 0 Å². The molecule has 18 heavy (non-hydrogen) atoms. The molecule has 0 heterocycles. The van der Waals surface area contributed by atoms with Gasteiger partial charge in [-0.1, -0.05) is 59.8 Å². The van der Waals surface area contributed by atoms with Crippen LogP contribution in [-0.2, 0) is 4.84 Å². The van der Waals surface area contributed by atoms with Gasteiger partial charge in [0.25, 0.3) is 0 Å². The molecular formula is C16H15NO. The van der Waals surface area contributed by atoms with Gasteiger partial charge in [0.05, 0.1) is 5.71 Å². The fourth-order valence-corrected chi connectivity index (χ4v) is 1.70. The van der Waals surface area contributed by atoms with Crippen molar-refractivity contribution in [2.75, 3.05) is 0 Å². The van der Waals surface area contributed by atoms with E-state index in [1.54, 1.807) is 0 Å². The fourth-order valence-electron chi connectivity index (χ4n) is 1.70. The molecule has 0 aliphatic carbocycles. The number of hydrogen-bond donors (Lipinski definition) is 0. The van der Waals surface area contributed by atoms with E-state index in [1.807, 2.05) is 37.3 Å². The van der Waals surface area contributed by atoms with Crippen molar-refractivity contribution in [2.24, 2.45) is 5.16 Å². The molecule has 2 rings (SSSR count). The zero-order chi connectivity index (χ0) is 12.8. The molecule has 0 amide bonds. The van der Waals surface area contributed by atoms with Crippen LogP contribution in [0.15, 0.2) is 59.8 Å². The van der Waals surface area contributed by atoms with E-state index in [2.05, 4.69) is 36.3 Å². The maximum absolute atomic E-state index is 4.82. The van der Waals surface area contributed by atoms with E-state index in [0.717, 1.165) is 11.3 Å². The van der Waals surface area contributed by atoms with Gasteiger partial charge in [0.15, 0.2) is 6.61 Å². The molecule has 0 bridgehead atoms. The van der Waals surface area contributed by atoms with Gasteiger partial charge in [-0.25, -0.2) is 0 Å². The van der Waals surface area contributed by atoms with Gasteiger partial charge in [0.1, 0.15) is 0 Å². The highest BCUT2D eigenvalue weighted by atomic mass is 16.6. The Balaban J connectivity index is 2.20. The standard InChI is InChI=1S/C16H15NO/c1-3-18-17-13(2)14-9-11-16(12-10-14)15-7-5-4-6-8-15/h3-12H,1H2,2H3. The summed E-state index contributed by atoms with van der Waals surface area (Å²) in [5.41, 5.74) is 4.27. The summed E-state index contributed by atoms with van der Waals surface area (Å²) < 4.78 is 0. The SMILES string of the molecule is [CH2][CH]ON=C(C)c1ccc(-c2ccccc2)cc1. The molecule has 0 saturated carbocycles. The third kappa shape index (κ3) is 2.98. The normalized spacial score (nSPS) is 11.3. The first kappa shape index (κ1) is 12.4. The Morgan fingerprint density at radius 2 is 1.61 bits per heavy atom. The summed E-state index contributed by atoms with van der Waals surface area (Å²) in [6.07, 6.45) is 0. The highest BCUT2D eigenvalue weighted by Gasteiger charge is 2.00. The average molecular weight is 237 g/mol. The van der Waals surface area contributed by atoms with Crippen LogP contribution in [0.5, 0.6) is 0 Å². The van der Waals surface area contributed by atoms with E-state index < -0.39 is 0 Å². The Morgan fingerprint density at radius 1 is 1.00 bits per heavy atom. The first-order valence-corrected chi connectivity index (χ1v) is 5.78. The number of nitrogens with zero attached hydrogens (tertiary/aromatic N) is 1. The predicted octanol–water partition coefficient (Wildman–Crippen LogP) is 4.09. The molecule has 2 aromatic rings. The summed E-state index contributed by atoms with van der Waals surface area (Å²) in [5.74, 6) is 0. The smallest absolute Gasteiger partial charge is 0.166 e. The molecule has 0 aromatic heterocycles. The van der Waals surface area contributed by atoms with Gasteiger partial charge in [0, 0.05) is 0 Å². The van der Waals surface area contributed by atoms with Gasteiger partial charge >= 0.3 is 0 Å². The quantitative estimate of drug-likeness (QED) is 0.579. The number of rotatable bonds is 4. The molecule has 0 N–H and O–H groups in total. The van der Waals surface area contributed by atoms with E-state index in [9.17, 15) is 0 Å². The molecule has 2 radical (unpaired) electrons. The molecule has 0 spiro atoms. The molecular weight excluding hydrogens is 222 g/mol. The second kappa shape index (κ2) is 6.01. The number of oxime groups is 1. The minimum Gasteiger partial charge on any atom is -0.388 e. The third-order valence-electron chi connectivity index (χ3n) is 2.67. The highest BCUT2D eigenvalue weighted by Crippen LogP contribution is 2.19. The maximum atomic E-state index is 4.82. The number of benzene rings is 2. The topological polar surface area (TPSA) is 21.6 Å². The largest absolute Gasteiger partial charge is 0.388 e. The van der Waals surface area contributed by atoms with Gasteiger partial charge in [0.2, 0.25) is 0 Å². The minimum atomic E-state index is 0.828. The molecule has 90 valence electrons. The van der Waals surface area contributed by atoms with E-state index in [1.165, 1.54) is 17.7 Å². The fraction of sp³-hybridized carbons (Fsp3) is 0.0625. The molecule has 0 saturated heterocycles. The Bertz CT molecular complexity index is 515. The molecule has 0 aliphatic rings. The van der Waals surface area contributed by atoms with Crippen LogP contribution >= 0.6 is 0 Å². The van der Waals surface area contributed by atoms with Gasteiger partial charge in [-0.15, -0.1) is 0 Å². The Labute approximate surface area is 108 Å². The van der Waals surface area contributed by atoms with Crippen molar-refractivity contribution in [2.45, 2.75) is 6.92 Å². The number of hydrogen-bond acceptors (Lipinski definition) is 2. The van der Waals surface area contributed by atoms with Crippen molar-refractivity contribution in [3.05, 3.63) is 73.7 Å². The summed E-state index contributed by atoms with van der Waals surface area (Å²) >= 11 is 0. The lowest BCUT2D eigenvalue weighted by atomic mass is 10.0. The zero-order valence-corrected chi connectivity index (χ0v) is 10.3. The first-order valence-electron chi connectivity index (χ1n) is 5.78. The molecule has 0 fully saturated rings. The summed E-state index contributed by atoms with van der Waals surface area (Å²) in [6, 6.07) is 18.5. The second-order valence-corrected chi connectivity index (χ2v) is 3.89. The summed E-state index contributed by atoms with van der Waals surface area (Å²) in [5, 5.41) is 3.91. The van der Waals surface area contributed by atoms with Crippen LogP contribution in [0.3, 0.4) is 0 Å². The van der Waals surface area contributed by atoms with Crippen molar-refractivity contribution in [1.82, 2.24) is 0 Å². The summed E-state index contributed by atoms with van der Waals surface area (Å²) in [7, 11) is 0. The van der Waals surface area contributed by atoms with Crippen molar-refractivity contribution in [1.29, 1.82) is 0 Å². The minimum absolute atomic E-state index is 0.828. The third-order valence-corrected chi connectivity index (χ3v) is 2.67. The van der Waals surface area contributed by atoms with Gasteiger partial charge < -0.3 is 4.84 Å². The Morgan fingerprint density at radius 3 is 2.22 bits per heavy atom. The Hall–Kier alpha value is -2.09. The van der Waals surface area contributed by atoms with Gasteiger partial charge in [-0.3, -0.25) is 0 Å². The Kier molecular flexibility index (Phi) is 4.13. The predicted molar refractivity (Wildman–Crippen MR) is 74.8 cm³/mol. The average Bonchev–Trinajstić information content (AvgIpc) is 2.46. The molecule has 2 aromatic carbocycles. The van der Waals surface area contributed by atoms with Crippen LogP contribution in [0.25, 0.3) is 11.1 Å². The van der Waals surface area contributed by atoms with Crippen molar-refractivity contribution >= 4 is 5.71 Å². The molecule has 2 nitrogen and oxygen atoms in total. The van der Waals surface area contributed by atoms with Crippen molar-refractivity contribution in [3.8, 4) is 11.1 Å². The van der Waals surface area contributed by atoms with Crippen molar-refractivity contribution < 1.29 is 4.84 Å². The van der Waals surface area contributed by atoms with Crippen LogP contribution in [0.2, 0.25) is 0 Å². The molecule has 0 unspecified atom stereocenters. The van der Waals surface area contributed by atoms with Crippen molar-refractivity contribution in [3.63, 3.8) is 0 Å². The zero-order valence-electron chi connectivity index (χ0n) is 10.3. The monoisotopic (exact) mass is 237 g/mol. The van der Waals surface area contributed by atoms with Crippen LogP contribution in [0, 0.1) is 13.5 Å². The lowest BCUT2D eigenvalue weighted by Crippen LogP contribution is -1.95. The van der Waals surface area contributed by atoms with E-state index >= 15 is 0 Å². The summed E-state index contributed by atoms with van der Waals surface area (Å²) in [4.78, 5) is 4.82. The van der Waals surface area contributed by atoms with Crippen LogP contribution in [0.1, 0.15) is 12.5 Å². The maximum Gasteiger partial charge on any atom is 0.166 e. The highest BCUT2D eigenvalue weighted by molar-refractivity contribution is 5.98. The lowest BCUT2D eigenvalue weighted by molar-refractivity contribution is 0.230.